The molecule has 5 heteroatoms. The molecule has 5 nitrogen and oxygen atoms in total. The molecule has 0 spiro atoms. The Morgan fingerprint density at radius 2 is 1.58 bits per heavy atom. The van der Waals surface area contributed by atoms with E-state index in [-0.39, 0.29) is 22.9 Å². The molecule has 0 saturated carbocycles. The number of aliphatic hydroxyl groups excluding tert-OH is 1. The minimum Gasteiger partial charge on any atom is -0.507 e. The monoisotopic (exact) mass is 483 g/mol. The van der Waals surface area contributed by atoms with E-state index in [1.165, 1.54) is 4.90 Å². The summed E-state index contributed by atoms with van der Waals surface area (Å²) in [4.78, 5) is 28.2. The fraction of sp³-hybridized carbons (Fsp3) is 0.290. The maximum atomic E-state index is 13.4. The highest BCUT2D eigenvalue weighted by Crippen LogP contribution is 2.42. The first-order valence-corrected chi connectivity index (χ1v) is 12.2. The van der Waals surface area contributed by atoms with Crippen LogP contribution in [0.2, 0.25) is 0 Å². The number of ether oxygens (including phenoxy) is 1. The standard InChI is InChI=1S/C31H33NO4/c1-19(2)36-25-17-12-22(18-20(25)3)28(33)26-27(21-10-8-7-9-11-21)32(30(35)29(26)34)24-15-13-23(14-16-24)31(4,5)6/h7-19,27,33H,1-6H3/b28-26-. The fourth-order valence-corrected chi connectivity index (χ4v) is 4.51. The third-order valence-electron chi connectivity index (χ3n) is 6.38. The summed E-state index contributed by atoms with van der Waals surface area (Å²) in [5, 5.41) is 11.4. The lowest BCUT2D eigenvalue weighted by Gasteiger charge is -2.26. The third-order valence-corrected chi connectivity index (χ3v) is 6.38. The van der Waals surface area contributed by atoms with Crippen LogP contribution < -0.4 is 9.64 Å². The predicted octanol–water partition coefficient (Wildman–Crippen LogP) is 6.71. The van der Waals surface area contributed by atoms with E-state index in [4.69, 9.17) is 4.74 Å². The van der Waals surface area contributed by atoms with E-state index in [0.29, 0.717) is 17.0 Å². The van der Waals surface area contributed by atoms with Gasteiger partial charge in [-0.2, -0.15) is 0 Å². The van der Waals surface area contributed by atoms with Gasteiger partial charge in [-0.15, -0.1) is 0 Å². The minimum absolute atomic E-state index is 0.0104. The third kappa shape index (κ3) is 4.78. The van der Waals surface area contributed by atoms with E-state index in [9.17, 15) is 14.7 Å². The molecule has 0 aromatic heterocycles. The van der Waals surface area contributed by atoms with Crippen molar-refractivity contribution in [3.8, 4) is 5.75 Å². The number of nitrogens with zero attached hydrogens (tertiary/aromatic N) is 1. The maximum absolute atomic E-state index is 13.4. The normalized spacial score (nSPS) is 17.6. The molecule has 1 N–H and O–H groups in total. The summed E-state index contributed by atoms with van der Waals surface area (Å²) in [7, 11) is 0. The fourth-order valence-electron chi connectivity index (χ4n) is 4.51. The molecule has 1 atom stereocenters. The van der Waals surface area contributed by atoms with E-state index in [1.807, 2.05) is 75.4 Å². The molecule has 0 aliphatic carbocycles. The molecule has 3 aromatic carbocycles. The average molecular weight is 484 g/mol. The Morgan fingerprint density at radius 1 is 0.944 bits per heavy atom. The van der Waals surface area contributed by atoms with Crippen molar-refractivity contribution in [2.45, 2.75) is 59.1 Å². The van der Waals surface area contributed by atoms with Crippen LogP contribution in [0.4, 0.5) is 5.69 Å². The van der Waals surface area contributed by atoms with Gasteiger partial charge in [0.15, 0.2) is 0 Å². The number of anilines is 1. The summed E-state index contributed by atoms with van der Waals surface area (Å²) >= 11 is 0. The molecule has 1 unspecified atom stereocenters. The smallest absolute Gasteiger partial charge is 0.300 e. The Morgan fingerprint density at radius 3 is 2.14 bits per heavy atom. The first kappa shape index (κ1) is 25.2. The van der Waals surface area contributed by atoms with Crippen LogP contribution in [0.5, 0.6) is 5.75 Å². The SMILES string of the molecule is Cc1cc(/C(O)=C2/C(=O)C(=O)N(c3ccc(C(C)(C)C)cc3)C2c2ccccc2)ccc1OC(C)C. The van der Waals surface area contributed by atoms with Crippen LogP contribution in [0.3, 0.4) is 0 Å². The molecule has 36 heavy (non-hydrogen) atoms. The number of carbonyl (C=O) groups excluding carboxylic acids is 2. The maximum Gasteiger partial charge on any atom is 0.300 e. The van der Waals surface area contributed by atoms with E-state index in [1.54, 1.807) is 18.2 Å². The number of benzene rings is 3. The van der Waals surface area contributed by atoms with Gasteiger partial charge in [0.25, 0.3) is 11.7 Å². The number of Topliss-reactive ketones (excluding diaryl/α,β-unsaturated/α-hetero) is 1. The van der Waals surface area contributed by atoms with Gasteiger partial charge in [0.2, 0.25) is 0 Å². The van der Waals surface area contributed by atoms with Gasteiger partial charge in [-0.25, -0.2) is 0 Å². The molecule has 0 radical (unpaired) electrons. The van der Waals surface area contributed by atoms with Gasteiger partial charge in [-0.1, -0.05) is 63.2 Å². The summed E-state index contributed by atoms with van der Waals surface area (Å²) in [6.07, 6.45) is 0.0104. The Kier molecular flexibility index (Phi) is 6.77. The quantitative estimate of drug-likeness (QED) is 0.249. The molecular formula is C31H33NO4. The lowest BCUT2D eigenvalue weighted by atomic mass is 9.87. The van der Waals surface area contributed by atoms with Gasteiger partial charge in [-0.3, -0.25) is 14.5 Å². The van der Waals surface area contributed by atoms with Gasteiger partial charge in [0.05, 0.1) is 17.7 Å². The second-order valence-electron chi connectivity index (χ2n) is 10.5. The lowest BCUT2D eigenvalue weighted by Crippen LogP contribution is -2.29. The summed E-state index contributed by atoms with van der Waals surface area (Å²) in [5.74, 6) is -0.859. The molecule has 1 heterocycles. The van der Waals surface area contributed by atoms with Crippen molar-refractivity contribution in [1.82, 2.24) is 0 Å². The van der Waals surface area contributed by atoms with Crippen molar-refractivity contribution in [3.05, 3.63) is 101 Å². The number of amides is 1. The Labute approximate surface area is 213 Å². The molecule has 1 aliphatic rings. The lowest BCUT2D eigenvalue weighted by molar-refractivity contribution is -0.132. The summed E-state index contributed by atoms with van der Waals surface area (Å²) in [6, 6.07) is 21.5. The van der Waals surface area contributed by atoms with Crippen LogP contribution in [-0.4, -0.2) is 22.9 Å². The van der Waals surface area contributed by atoms with E-state index in [0.717, 1.165) is 16.7 Å². The summed E-state index contributed by atoms with van der Waals surface area (Å²) < 4.78 is 5.82. The number of aryl methyl sites for hydroxylation is 1. The molecule has 1 aliphatic heterocycles. The highest BCUT2D eigenvalue weighted by Gasteiger charge is 2.47. The van der Waals surface area contributed by atoms with Crippen molar-refractivity contribution < 1.29 is 19.4 Å². The molecule has 0 bridgehead atoms. The zero-order valence-electron chi connectivity index (χ0n) is 21.7. The molecule has 4 rings (SSSR count). The molecule has 1 fully saturated rings. The number of rotatable bonds is 5. The highest BCUT2D eigenvalue weighted by atomic mass is 16.5. The predicted molar refractivity (Wildman–Crippen MR) is 143 cm³/mol. The van der Waals surface area contributed by atoms with Crippen molar-refractivity contribution in [1.29, 1.82) is 0 Å². The minimum atomic E-state index is -0.751. The number of carbonyl (C=O) groups is 2. The van der Waals surface area contributed by atoms with E-state index < -0.39 is 17.7 Å². The highest BCUT2D eigenvalue weighted by molar-refractivity contribution is 6.51. The number of hydrogen-bond acceptors (Lipinski definition) is 4. The first-order chi connectivity index (χ1) is 17.0. The van der Waals surface area contributed by atoms with Crippen LogP contribution in [-0.2, 0) is 15.0 Å². The van der Waals surface area contributed by atoms with E-state index in [2.05, 4.69) is 20.8 Å². The first-order valence-electron chi connectivity index (χ1n) is 12.2. The second-order valence-corrected chi connectivity index (χ2v) is 10.5. The van der Waals surface area contributed by atoms with Crippen LogP contribution in [0, 0.1) is 6.92 Å². The van der Waals surface area contributed by atoms with Gasteiger partial charge in [0.1, 0.15) is 11.5 Å². The number of hydrogen-bond donors (Lipinski definition) is 1. The Balaban J connectivity index is 1.85. The zero-order chi connectivity index (χ0) is 26.2. The molecule has 3 aromatic rings. The summed E-state index contributed by atoms with van der Waals surface area (Å²) in [5.41, 5.74) is 3.79. The molecule has 186 valence electrons. The van der Waals surface area contributed by atoms with Crippen molar-refractivity contribution in [3.63, 3.8) is 0 Å². The van der Waals surface area contributed by atoms with Crippen LogP contribution in [0.1, 0.15) is 62.9 Å². The molecule has 1 amide bonds. The largest absolute Gasteiger partial charge is 0.507 e. The molecular weight excluding hydrogens is 450 g/mol. The van der Waals surface area contributed by atoms with Crippen molar-refractivity contribution in [2.75, 3.05) is 4.90 Å². The topological polar surface area (TPSA) is 66.8 Å². The van der Waals surface area contributed by atoms with E-state index >= 15 is 0 Å². The summed E-state index contributed by atoms with van der Waals surface area (Å²) in [6.45, 7) is 12.1. The van der Waals surface area contributed by atoms with Crippen molar-refractivity contribution in [2.24, 2.45) is 0 Å². The Hall–Kier alpha value is -3.86. The van der Waals surface area contributed by atoms with Crippen LogP contribution in [0.25, 0.3) is 5.76 Å². The van der Waals surface area contributed by atoms with Gasteiger partial charge in [0, 0.05) is 11.3 Å². The van der Waals surface area contributed by atoms with Crippen LogP contribution in [0.15, 0.2) is 78.4 Å². The second kappa shape index (κ2) is 9.65. The number of aliphatic hydroxyl groups is 1. The molecule has 1 saturated heterocycles. The van der Waals surface area contributed by atoms with Gasteiger partial charge in [-0.05, 0) is 73.2 Å². The Bertz CT molecular complexity index is 1310. The van der Waals surface area contributed by atoms with Gasteiger partial charge < -0.3 is 9.84 Å². The van der Waals surface area contributed by atoms with Gasteiger partial charge >= 0.3 is 0 Å². The average Bonchev–Trinajstić information content (AvgIpc) is 3.10. The van der Waals surface area contributed by atoms with Crippen molar-refractivity contribution >= 4 is 23.1 Å². The number of ketones is 1. The zero-order valence-corrected chi connectivity index (χ0v) is 21.7. The van der Waals surface area contributed by atoms with Crippen LogP contribution >= 0.6 is 0 Å².